The lowest BCUT2D eigenvalue weighted by atomic mass is 10.0. The molecule has 5 heteroatoms. The average Bonchev–Trinajstić information content (AvgIpc) is 3.29. The first kappa shape index (κ1) is 23.9. The van der Waals surface area contributed by atoms with Crippen molar-refractivity contribution in [3.8, 4) is 28.3 Å². The second kappa shape index (κ2) is 11.8. The minimum atomic E-state index is -0.683. The first-order valence-corrected chi connectivity index (χ1v) is 12.2. The number of ether oxygens (including phenoxy) is 1. The molecule has 0 aliphatic carbocycles. The summed E-state index contributed by atoms with van der Waals surface area (Å²) in [6, 6.07) is 17.5. The monoisotopic (exact) mass is 463 g/mol. The summed E-state index contributed by atoms with van der Waals surface area (Å²) < 4.78 is 40.5. The summed E-state index contributed by atoms with van der Waals surface area (Å²) in [5, 5.41) is 0. The van der Waals surface area contributed by atoms with Crippen molar-refractivity contribution >= 4 is 11.1 Å². The van der Waals surface area contributed by atoms with Gasteiger partial charge in [0.25, 0.3) is 0 Å². The Bertz CT molecular complexity index is 1140. The molecule has 3 aromatic carbocycles. The third kappa shape index (κ3) is 6.02. The highest BCUT2D eigenvalue weighted by molar-refractivity contribution is 5.76. The fraction of sp³-hybridized carbons (Fsp3) is 0.345. The third-order valence-electron chi connectivity index (χ3n) is 6.00. The van der Waals surface area contributed by atoms with Gasteiger partial charge >= 0.3 is 0 Å². The number of rotatable bonds is 12. The van der Waals surface area contributed by atoms with Crippen LogP contribution in [0.5, 0.6) is 5.75 Å². The summed E-state index contributed by atoms with van der Waals surface area (Å²) in [7, 11) is 0. The fourth-order valence-electron chi connectivity index (χ4n) is 4.08. The van der Waals surface area contributed by atoms with Crippen LogP contribution >= 0.6 is 0 Å². The molecule has 0 saturated heterocycles. The van der Waals surface area contributed by atoms with E-state index < -0.39 is 11.6 Å². The summed E-state index contributed by atoms with van der Waals surface area (Å²) in [6.45, 7) is 2.53. The minimum absolute atomic E-state index is 0.296. The van der Waals surface area contributed by atoms with Crippen molar-refractivity contribution in [1.29, 1.82) is 0 Å². The van der Waals surface area contributed by atoms with Crippen LogP contribution in [-0.2, 0) is 0 Å². The number of fused-ring (bicyclic) bond motifs is 1. The molecule has 0 spiro atoms. The molecule has 0 fully saturated rings. The zero-order chi connectivity index (χ0) is 23.8. The average molecular weight is 464 g/mol. The van der Waals surface area contributed by atoms with Crippen molar-refractivity contribution in [2.45, 2.75) is 58.3 Å². The van der Waals surface area contributed by atoms with Crippen LogP contribution in [0, 0.1) is 11.6 Å². The molecule has 178 valence electrons. The maximum atomic E-state index is 14.6. The van der Waals surface area contributed by atoms with Gasteiger partial charge in [-0.05, 0) is 53.9 Å². The van der Waals surface area contributed by atoms with E-state index in [2.05, 4.69) is 11.9 Å². The fourth-order valence-corrected chi connectivity index (χ4v) is 4.08. The predicted molar refractivity (Wildman–Crippen MR) is 133 cm³/mol. The van der Waals surface area contributed by atoms with Crippen molar-refractivity contribution in [3.63, 3.8) is 0 Å². The number of aromatic nitrogens is 1. The standard InChI is InChI=1S/C29H31F2NO2/c1-2-3-4-5-6-7-8-11-18-33-28-24(30)19-23(20-25(28)31)21-14-16-22(17-15-21)29-32-26-12-9-10-13-27(26)34-29/h9-10,12-17,19-20H,2-8,11,18H2,1H3. The molecule has 1 aromatic heterocycles. The number of nitrogens with zero attached hydrogens (tertiary/aromatic N) is 1. The van der Waals surface area contributed by atoms with Gasteiger partial charge in [0.15, 0.2) is 23.0 Å². The summed E-state index contributed by atoms with van der Waals surface area (Å²) in [5.74, 6) is -1.15. The zero-order valence-corrected chi connectivity index (χ0v) is 19.7. The molecule has 3 nitrogen and oxygen atoms in total. The van der Waals surface area contributed by atoms with Gasteiger partial charge in [-0.1, -0.05) is 76.1 Å². The van der Waals surface area contributed by atoms with Gasteiger partial charge in [-0.2, -0.15) is 0 Å². The maximum Gasteiger partial charge on any atom is 0.227 e. The molecule has 34 heavy (non-hydrogen) atoms. The van der Waals surface area contributed by atoms with Crippen LogP contribution in [0.3, 0.4) is 0 Å². The summed E-state index contributed by atoms with van der Waals surface area (Å²) >= 11 is 0. The van der Waals surface area contributed by atoms with Crippen molar-refractivity contribution in [2.75, 3.05) is 6.61 Å². The second-order valence-electron chi connectivity index (χ2n) is 8.66. The number of benzene rings is 3. The SMILES string of the molecule is CCCCCCCCCCOc1c(F)cc(-c2ccc(-c3nc4ccccc4o3)cc2)cc1F. The maximum absolute atomic E-state index is 14.6. The van der Waals surface area contributed by atoms with E-state index in [4.69, 9.17) is 9.15 Å². The van der Waals surface area contributed by atoms with Crippen LogP contribution in [0.15, 0.2) is 65.1 Å². The van der Waals surface area contributed by atoms with Crippen LogP contribution in [0.1, 0.15) is 58.3 Å². The molecule has 0 saturated carbocycles. The lowest BCUT2D eigenvalue weighted by Gasteiger charge is -2.11. The van der Waals surface area contributed by atoms with Crippen molar-refractivity contribution in [1.82, 2.24) is 4.98 Å². The largest absolute Gasteiger partial charge is 0.488 e. The molecule has 0 amide bonds. The Morgan fingerprint density at radius 3 is 2.03 bits per heavy atom. The van der Waals surface area contributed by atoms with Gasteiger partial charge in [-0.15, -0.1) is 0 Å². The van der Waals surface area contributed by atoms with Gasteiger partial charge in [0.05, 0.1) is 6.61 Å². The lowest BCUT2D eigenvalue weighted by Crippen LogP contribution is -2.02. The van der Waals surface area contributed by atoms with E-state index in [0.29, 0.717) is 29.2 Å². The number of unbranched alkanes of at least 4 members (excludes halogenated alkanes) is 7. The molecule has 1 heterocycles. The molecule has 0 radical (unpaired) electrons. The van der Waals surface area contributed by atoms with Gasteiger partial charge in [0.2, 0.25) is 5.89 Å². The van der Waals surface area contributed by atoms with Crippen LogP contribution < -0.4 is 4.74 Å². The molecule has 0 aliphatic rings. The number of oxazole rings is 1. The summed E-state index contributed by atoms with van der Waals surface area (Å²) in [5.41, 5.74) is 3.46. The molecule has 0 N–H and O–H groups in total. The molecule has 0 bridgehead atoms. The van der Waals surface area contributed by atoms with Gasteiger partial charge in [0.1, 0.15) is 5.52 Å². The topological polar surface area (TPSA) is 35.3 Å². The Labute approximate surface area is 199 Å². The van der Waals surface area contributed by atoms with Crippen LogP contribution in [-0.4, -0.2) is 11.6 Å². The van der Waals surface area contributed by atoms with E-state index in [1.54, 1.807) is 12.1 Å². The van der Waals surface area contributed by atoms with Crippen LogP contribution in [0.4, 0.5) is 8.78 Å². The van der Waals surface area contributed by atoms with Crippen molar-refractivity contribution in [2.24, 2.45) is 0 Å². The van der Waals surface area contributed by atoms with Gasteiger partial charge < -0.3 is 9.15 Å². The highest BCUT2D eigenvalue weighted by atomic mass is 19.1. The zero-order valence-electron chi connectivity index (χ0n) is 19.7. The first-order valence-electron chi connectivity index (χ1n) is 12.2. The predicted octanol–water partition coefficient (Wildman–Crippen LogP) is 8.96. The quantitative estimate of drug-likeness (QED) is 0.197. The molecule has 0 unspecified atom stereocenters. The molecular formula is C29H31F2NO2. The van der Waals surface area contributed by atoms with E-state index in [9.17, 15) is 8.78 Å². The summed E-state index contributed by atoms with van der Waals surface area (Å²) in [4.78, 5) is 4.49. The van der Waals surface area contributed by atoms with Crippen LogP contribution in [0.25, 0.3) is 33.7 Å². The van der Waals surface area contributed by atoms with Gasteiger partial charge in [-0.25, -0.2) is 13.8 Å². The molecular weight excluding hydrogens is 432 g/mol. The number of hydrogen-bond donors (Lipinski definition) is 0. The van der Waals surface area contributed by atoms with Crippen LogP contribution in [0.2, 0.25) is 0 Å². The number of halogens is 2. The molecule has 4 rings (SSSR count). The van der Waals surface area contributed by atoms with Crippen molar-refractivity contribution < 1.29 is 17.9 Å². The molecule has 4 aromatic rings. The molecule has 0 aliphatic heterocycles. The van der Waals surface area contributed by atoms with E-state index in [-0.39, 0.29) is 5.75 Å². The highest BCUT2D eigenvalue weighted by Crippen LogP contribution is 2.31. The Kier molecular flexibility index (Phi) is 8.29. The van der Waals surface area contributed by atoms with E-state index >= 15 is 0 Å². The van der Waals surface area contributed by atoms with E-state index in [0.717, 1.165) is 30.3 Å². The third-order valence-corrected chi connectivity index (χ3v) is 6.00. The minimum Gasteiger partial charge on any atom is -0.488 e. The van der Waals surface area contributed by atoms with E-state index in [1.807, 2.05) is 36.4 Å². The smallest absolute Gasteiger partial charge is 0.227 e. The highest BCUT2D eigenvalue weighted by Gasteiger charge is 2.14. The first-order chi connectivity index (χ1) is 16.7. The van der Waals surface area contributed by atoms with Gasteiger partial charge in [0, 0.05) is 5.56 Å². The second-order valence-corrected chi connectivity index (χ2v) is 8.66. The Hall–Kier alpha value is -3.21. The normalized spacial score (nSPS) is 11.3. The number of para-hydroxylation sites is 2. The number of hydrogen-bond acceptors (Lipinski definition) is 3. The lowest BCUT2D eigenvalue weighted by molar-refractivity contribution is 0.275. The Balaban J connectivity index is 1.34. The Morgan fingerprint density at radius 2 is 1.35 bits per heavy atom. The van der Waals surface area contributed by atoms with Crippen molar-refractivity contribution in [3.05, 3.63) is 72.3 Å². The Morgan fingerprint density at radius 1 is 0.735 bits per heavy atom. The molecule has 0 atom stereocenters. The van der Waals surface area contributed by atoms with E-state index in [1.165, 1.54) is 44.2 Å². The summed E-state index contributed by atoms with van der Waals surface area (Å²) in [6.07, 6.45) is 9.24. The van der Waals surface area contributed by atoms with Gasteiger partial charge in [-0.3, -0.25) is 0 Å².